The zero-order chi connectivity index (χ0) is 19.9. The van der Waals surface area contributed by atoms with Crippen molar-refractivity contribution in [2.75, 3.05) is 19.7 Å². The first-order chi connectivity index (χ1) is 13.4. The van der Waals surface area contributed by atoms with Gasteiger partial charge in [-0.25, -0.2) is 4.79 Å². The number of aliphatic hydroxyl groups is 1. The summed E-state index contributed by atoms with van der Waals surface area (Å²) in [6.07, 6.45) is 4.65. The Bertz CT molecular complexity index is 965. The van der Waals surface area contributed by atoms with E-state index in [0.717, 1.165) is 36.6 Å². The molecule has 0 spiro atoms. The van der Waals surface area contributed by atoms with Crippen LogP contribution < -0.4 is 10.4 Å². The Morgan fingerprint density at radius 2 is 2.14 bits per heavy atom. The molecule has 2 atom stereocenters. The number of piperidine rings is 1. The maximum Gasteiger partial charge on any atom is 0.336 e. The summed E-state index contributed by atoms with van der Waals surface area (Å²) in [6.45, 7) is 4.80. The van der Waals surface area contributed by atoms with Crippen molar-refractivity contribution < 1.29 is 19.1 Å². The number of aryl methyl sites for hydroxylation is 2. The Balaban J connectivity index is 1.45. The number of nitrogens with zero attached hydrogens (tertiary/aromatic N) is 1. The van der Waals surface area contributed by atoms with Crippen LogP contribution in [0.5, 0.6) is 5.75 Å². The molecule has 4 rings (SSSR count). The highest BCUT2D eigenvalue weighted by Gasteiger charge is 2.43. The molecule has 0 bridgehead atoms. The van der Waals surface area contributed by atoms with Gasteiger partial charge in [-0.05, 0) is 50.8 Å². The lowest BCUT2D eigenvalue weighted by Gasteiger charge is -2.47. The lowest BCUT2D eigenvalue weighted by atomic mass is 9.71. The van der Waals surface area contributed by atoms with Crippen molar-refractivity contribution in [1.82, 2.24) is 4.90 Å². The Kier molecular flexibility index (Phi) is 4.91. The molecule has 0 radical (unpaired) electrons. The molecule has 1 aromatic heterocycles. The summed E-state index contributed by atoms with van der Waals surface area (Å²) in [5.41, 5.74) is 1.08. The average molecular weight is 385 g/mol. The van der Waals surface area contributed by atoms with E-state index in [2.05, 4.69) is 0 Å². The number of carbonyl (C=O) groups is 1. The van der Waals surface area contributed by atoms with Gasteiger partial charge in [0.05, 0.1) is 5.60 Å². The first-order valence-corrected chi connectivity index (χ1v) is 10.0. The fourth-order valence-corrected chi connectivity index (χ4v) is 4.68. The minimum absolute atomic E-state index is 0.0620. The summed E-state index contributed by atoms with van der Waals surface area (Å²) in [7, 11) is 0. The monoisotopic (exact) mass is 385 g/mol. The van der Waals surface area contributed by atoms with E-state index in [1.165, 1.54) is 6.07 Å². The minimum Gasteiger partial charge on any atom is -0.483 e. The van der Waals surface area contributed by atoms with E-state index in [0.29, 0.717) is 36.4 Å². The average Bonchev–Trinajstić information content (AvgIpc) is 2.67. The largest absolute Gasteiger partial charge is 0.483 e. The van der Waals surface area contributed by atoms with Gasteiger partial charge in [0.15, 0.2) is 6.61 Å². The van der Waals surface area contributed by atoms with Gasteiger partial charge in [-0.2, -0.15) is 0 Å². The van der Waals surface area contributed by atoms with E-state index < -0.39 is 11.2 Å². The predicted octanol–water partition coefficient (Wildman–Crippen LogP) is 2.94. The normalized spacial score (nSPS) is 24.8. The fourth-order valence-electron chi connectivity index (χ4n) is 4.68. The molecular weight excluding hydrogens is 358 g/mol. The first-order valence-electron chi connectivity index (χ1n) is 10.0. The second-order valence-corrected chi connectivity index (χ2v) is 8.24. The Morgan fingerprint density at radius 1 is 1.32 bits per heavy atom. The summed E-state index contributed by atoms with van der Waals surface area (Å²) in [5.74, 6) is 0.636. The molecule has 2 aliphatic rings. The van der Waals surface area contributed by atoms with Gasteiger partial charge in [-0.15, -0.1) is 0 Å². The zero-order valence-corrected chi connectivity index (χ0v) is 16.5. The third-order valence-electron chi connectivity index (χ3n) is 6.45. The molecule has 150 valence electrons. The van der Waals surface area contributed by atoms with E-state index in [4.69, 9.17) is 9.15 Å². The number of hydrogen-bond donors (Lipinski definition) is 1. The number of rotatable bonds is 3. The molecule has 2 aromatic rings. The second kappa shape index (κ2) is 7.24. The van der Waals surface area contributed by atoms with Crippen LogP contribution in [0.4, 0.5) is 0 Å². The minimum atomic E-state index is -0.597. The molecule has 1 saturated carbocycles. The standard InChI is InChI=1S/C22H27NO5/c1-14-11-20(25)28-21-15(2)18(7-6-17(14)21)27-13-19(24)23-10-9-22(26)8-4-3-5-16(22)12-23/h6-7,11,16,26H,3-5,8-10,12-13H2,1-2H3/t16-,22+/m0/s1. The van der Waals surface area contributed by atoms with Crippen molar-refractivity contribution in [2.24, 2.45) is 5.92 Å². The Labute approximate surface area is 164 Å². The van der Waals surface area contributed by atoms with Gasteiger partial charge in [0.25, 0.3) is 5.91 Å². The van der Waals surface area contributed by atoms with E-state index >= 15 is 0 Å². The van der Waals surface area contributed by atoms with Crippen molar-refractivity contribution >= 4 is 16.9 Å². The number of fused-ring (bicyclic) bond motifs is 2. The predicted molar refractivity (Wildman–Crippen MR) is 106 cm³/mol. The topological polar surface area (TPSA) is 80.0 Å². The molecule has 0 unspecified atom stereocenters. The molecule has 1 aliphatic heterocycles. The fraction of sp³-hybridized carbons (Fsp3) is 0.545. The first kappa shape index (κ1) is 19.0. The molecule has 2 heterocycles. The number of benzene rings is 1. The number of amides is 1. The number of ether oxygens (including phenoxy) is 1. The summed E-state index contributed by atoms with van der Waals surface area (Å²) in [5, 5.41) is 11.6. The summed E-state index contributed by atoms with van der Waals surface area (Å²) in [6, 6.07) is 5.13. The number of likely N-dealkylation sites (tertiary alicyclic amines) is 1. The SMILES string of the molecule is Cc1cc(=O)oc2c(C)c(OCC(=O)N3CC[C@]4(O)CCCC[C@H]4C3)ccc12. The van der Waals surface area contributed by atoms with Crippen LogP contribution in [0.15, 0.2) is 27.4 Å². The Hall–Kier alpha value is -2.34. The van der Waals surface area contributed by atoms with Gasteiger partial charge >= 0.3 is 5.63 Å². The zero-order valence-electron chi connectivity index (χ0n) is 16.5. The molecule has 2 fully saturated rings. The van der Waals surface area contributed by atoms with Gasteiger partial charge in [0.2, 0.25) is 0 Å². The van der Waals surface area contributed by atoms with Gasteiger partial charge in [0, 0.05) is 36.0 Å². The van der Waals surface area contributed by atoms with Crippen molar-refractivity contribution in [3.05, 3.63) is 39.7 Å². The van der Waals surface area contributed by atoms with Crippen LogP contribution in [0.25, 0.3) is 11.0 Å². The van der Waals surface area contributed by atoms with Gasteiger partial charge in [-0.1, -0.05) is 12.8 Å². The highest BCUT2D eigenvalue weighted by Crippen LogP contribution is 2.39. The lowest BCUT2D eigenvalue weighted by Crippen LogP contribution is -2.55. The lowest BCUT2D eigenvalue weighted by molar-refractivity contribution is -0.145. The Morgan fingerprint density at radius 3 is 2.96 bits per heavy atom. The highest BCUT2D eigenvalue weighted by atomic mass is 16.5. The molecule has 6 nitrogen and oxygen atoms in total. The van der Waals surface area contributed by atoms with E-state index in [-0.39, 0.29) is 18.4 Å². The summed E-state index contributed by atoms with van der Waals surface area (Å²) < 4.78 is 11.1. The van der Waals surface area contributed by atoms with E-state index in [9.17, 15) is 14.7 Å². The van der Waals surface area contributed by atoms with E-state index in [1.807, 2.05) is 30.9 Å². The van der Waals surface area contributed by atoms with Crippen molar-refractivity contribution in [1.29, 1.82) is 0 Å². The summed E-state index contributed by atoms with van der Waals surface area (Å²) in [4.78, 5) is 26.2. The van der Waals surface area contributed by atoms with Crippen LogP contribution in [0.3, 0.4) is 0 Å². The molecular formula is C22H27NO5. The quantitative estimate of drug-likeness (QED) is 0.822. The second-order valence-electron chi connectivity index (χ2n) is 8.24. The molecule has 28 heavy (non-hydrogen) atoms. The van der Waals surface area contributed by atoms with Crippen LogP contribution in [0.2, 0.25) is 0 Å². The molecule has 1 amide bonds. The van der Waals surface area contributed by atoms with Crippen molar-refractivity contribution in [3.8, 4) is 5.75 Å². The number of carbonyl (C=O) groups excluding carboxylic acids is 1. The van der Waals surface area contributed by atoms with Crippen molar-refractivity contribution in [2.45, 2.75) is 51.6 Å². The smallest absolute Gasteiger partial charge is 0.336 e. The highest BCUT2D eigenvalue weighted by molar-refractivity contribution is 5.85. The van der Waals surface area contributed by atoms with Crippen LogP contribution in [-0.4, -0.2) is 41.2 Å². The van der Waals surface area contributed by atoms with Crippen LogP contribution >= 0.6 is 0 Å². The summed E-state index contributed by atoms with van der Waals surface area (Å²) >= 11 is 0. The maximum atomic E-state index is 12.7. The third-order valence-corrected chi connectivity index (χ3v) is 6.45. The van der Waals surface area contributed by atoms with Crippen LogP contribution in [0, 0.1) is 19.8 Å². The molecule has 1 N–H and O–H groups in total. The molecule has 6 heteroatoms. The molecule has 1 aliphatic carbocycles. The van der Waals surface area contributed by atoms with Crippen molar-refractivity contribution in [3.63, 3.8) is 0 Å². The molecule has 1 aromatic carbocycles. The van der Waals surface area contributed by atoms with Gasteiger partial charge in [0.1, 0.15) is 11.3 Å². The van der Waals surface area contributed by atoms with Gasteiger partial charge < -0.3 is 19.2 Å². The number of hydrogen-bond acceptors (Lipinski definition) is 5. The van der Waals surface area contributed by atoms with Crippen LogP contribution in [-0.2, 0) is 4.79 Å². The maximum absolute atomic E-state index is 12.7. The van der Waals surface area contributed by atoms with Crippen LogP contribution in [0.1, 0.15) is 43.2 Å². The third kappa shape index (κ3) is 3.41. The van der Waals surface area contributed by atoms with Gasteiger partial charge in [-0.3, -0.25) is 4.79 Å². The van der Waals surface area contributed by atoms with E-state index in [1.54, 1.807) is 0 Å². The molecule has 1 saturated heterocycles.